The zero-order valence-corrected chi connectivity index (χ0v) is 14.2. The van der Waals surface area contributed by atoms with E-state index in [1.807, 2.05) is 42.5 Å². The van der Waals surface area contributed by atoms with E-state index < -0.39 is 11.5 Å². The minimum absolute atomic E-state index is 0.0709. The molecule has 0 saturated heterocycles. The third kappa shape index (κ3) is 2.73. The summed E-state index contributed by atoms with van der Waals surface area (Å²) in [5.74, 6) is -0.890. The Labute approximate surface area is 152 Å². The van der Waals surface area contributed by atoms with Gasteiger partial charge in [-0.05, 0) is 22.9 Å². The lowest BCUT2D eigenvalue weighted by molar-refractivity contribution is 0.0594. The van der Waals surface area contributed by atoms with E-state index in [0.717, 1.165) is 17.9 Å². The van der Waals surface area contributed by atoms with E-state index in [1.54, 1.807) is 0 Å². The fraction of sp³-hybridized carbons (Fsp3) is 0.0526. The second kappa shape index (κ2) is 6.41. The smallest absolute Gasteiger partial charge is 0.345 e. The number of fused-ring (bicyclic) bond motifs is 2. The maximum Gasteiger partial charge on any atom is 0.345 e. The van der Waals surface area contributed by atoms with Gasteiger partial charge in [0.05, 0.1) is 12.8 Å². The Morgan fingerprint density at radius 3 is 2.63 bits per heavy atom. The zero-order chi connectivity index (χ0) is 19.0. The van der Waals surface area contributed by atoms with Gasteiger partial charge in [-0.3, -0.25) is 4.79 Å². The third-order valence-electron chi connectivity index (χ3n) is 4.18. The van der Waals surface area contributed by atoms with Gasteiger partial charge in [0, 0.05) is 18.1 Å². The Balaban J connectivity index is 1.97. The Kier molecular flexibility index (Phi) is 3.92. The molecule has 27 heavy (non-hydrogen) atoms. The largest absolute Gasteiger partial charge is 0.465 e. The minimum atomic E-state index is -0.946. The van der Waals surface area contributed by atoms with Crippen LogP contribution in [0.1, 0.15) is 10.4 Å². The van der Waals surface area contributed by atoms with Crippen molar-refractivity contribution in [3.05, 3.63) is 70.8 Å². The number of ether oxygens (including phenoxy) is 1. The van der Waals surface area contributed by atoms with Crippen molar-refractivity contribution >= 4 is 39.3 Å². The van der Waals surface area contributed by atoms with Crippen LogP contribution in [0.5, 0.6) is 0 Å². The van der Waals surface area contributed by atoms with Gasteiger partial charge in [-0.25, -0.2) is 14.8 Å². The lowest BCUT2D eigenvalue weighted by atomic mass is 10.1. The van der Waals surface area contributed by atoms with Crippen molar-refractivity contribution in [1.29, 1.82) is 0 Å². The molecule has 0 atom stereocenters. The van der Waals surface area contributed by atoms with Crippen molar-refractivity contribution in [3.63, 3.8) is 0 Å². The van der Waals surface area contributed by atoms with Gasteiger partial charge in [-0.1, -0.05) is 30.3 Å². The molecule has 0 fully saturated rings. The number of carbonyl (C=O) groups excluding carboxylic acids is 1. The molecule has 0 spiro atoms. The van der Waals surface area contributed by atoms with E-state index in [9.17, 15) is 14.8 Å². The van der Waals surface area contributed by atoms with Gasteiger partial charge in [0.1, 0.15) is 5.52 Å². The molecule has 0 aliphatic carbocycles. The normalized spacial score (nSPS) is 10.9. The standard InChI is InChI=1S/C19H14N4O4/c1-27-19(25)14-15(16-17(21-9-8-20-16)23(26)18(14)24)22-13-7-6-11-4-2-3-5-12(11)10-13/h2-10,22,26H,1H3. The summed E-state index contributed by atoms with van der Waals surface area (Å²) in [5, 5.41) is 15.2. The Morgan fingerprint density at radius 2 is 1.85 bits per heavy atom. The van der Waals surface area contributed by atoms with E-state index >= 15 is 0 Å². The maximum absolute atomic E-state index is 12.5. The number of nitrogens with one attached hydrogen (secondary N) is 1. The van der Waals surface area contributed by atoms with E-state index in [1.165, 1.54) is 12.4 Å². The molecule has 0 unspecified atom stereocenters. The molecule has 0 radical (unpaired) electrons. The van der Waals surface area contributed by atoms with E-state index in [-0.39, 0.29) is 22.4 Å². The van der Waals surface area contributed by atoms with Crippen molar-refractivity contribution < 1.29 is 14.7 Å². The van der Waals surface area contributed by atoms with Crippen LogP contribution < -0.4 is 10.9 Å². The first kappa shape index (κ1) is 16.5. The monoisotopic (exact) mass is 362 g/mol. The van der Waals surface area contributed by atoms with Gasteiger partial charge in [0.25, 0.3) is 0 Å². The van der Waals surface area contributed by atoms with Crippen molar-refractivity contribution in [2.24, 2.45) is 0 Å². The number of hydrogen-bond acceptors (Lipinski definition) is 7. The van der Waals surface area contributed by atoms with Gasteiger partial charge in [0.2, 0.25) is 5.65 Å². The van der Waals surface area contributed by atoms with Crippen LogP contribution >= 0.6 is 0 Å². The molecule has 2 aromatic heterocycles. The molecular formula is C19H14N4O4. The van der Waals surface area contributed by atoms with E-state index in [0.29, 0.717) is 10.4 Å². The molecule has 8 nitrogen and oxygen atoms in total. The lowest BCUT2D eigenvalue weighted by Crippen LogP contribution is -2.28. The highest BCUT2D eigenvalue weighted by Gasteiger charge is 2.24. The summed E-state index contributed by atoms with van der Waals surface area (Å²) < 4.78 is 5.01. The van der Waals surface area contributed by atoms with Crippen molar-refractivity contribution in [2.45, 2.75) is 0 Å². The molecule has 134 valence electrons. The number of methoxy groups -OCH3 is 1. The summed E-state index contributed by atoms with van der Waals surface area (Å²) in [6.07, 6.45) is 2.74. The molecule has 2 N–H and O–H groups in total. The molecule has 2 aromatic carbocycles. The van der Waals surface area contributed by atoms with Crippen molar-refractivity contribution in [2.75, 3.05) is 12.4 Å². The molecule has 2 heterocycles. The van der Waals surface area contributed by atoms with E-state index in [4.69, 9.17) is 4.74 Å². The van der Waals surface area contributed by atoms with Crippen molar-refractivity contribution in [3.8, 4) is 0 Å². The fourth-order valence-corrected chi connectivity index (χ4v) is 2.91. The number of hydrogen-bond donors (Lipinski definition) is 2. The summed E-state index contributed by atoms with van der Waals surface area (Å²) in [6.45, 7) is 0. The predicted molar refractivity (Wildman–Crippen MR) is 99.6 cm³/mol. The first-order valence-corrected chi connectivity index (χ1v) is 8.03. The fourth-order valence-electron chi connectivity index (χ4n) is 2.91. The number of esters is 1. The highest BCUT2D eigenvalue weighted by molar-refractivity contribution is 6.04. The van der Waals surface area contributed by atoms with Gasteiger partial charge >= 0.3 is 11.5 Å². The van der Waals surface area contributed by atoms with Crippen LogP contribution in [-0.2, 0) is 4.74 Å². The molecular weight excluding hydrogens is 348 g/mol. The number of anilines is 2. The average molecular weight is 362 g/mol. The first-order valence-electron chi connectivity index (χ1n) is 8.03. The van der Waals surface area contributed by atoms with Crippen LogP contribution in [-0.4, -0.2) is 33.0 Å². The number of nitrogens with zero attached hydrogens (tertiary/aromatic N) is 3. The van der Waals surface area contributed by atoms with Crippen LogP contribution in [0, 0.1) is 0 Å². The molecule has 0 aliphatic rings. The number of carbonyl (C=O) groups is 1. The van der Waals surface area contributed by atoms with Crippen LogP contribution in [0.2, 0.25) is 0 Å². The second-order valence-corrected chi connectivity index (χ2v) is 5.77. The first-order chi connectivity index (χ1) is 13.1. The maximum atomic E-state index is 12.5. The molecule has 0 saturated carbocycles. The van der Waals surface area contributed by atoms with Crippen LogP contribution in [0.15, 0.2) is 59.7 Å². The number of pyridine rings is 1. The molecule has 0 bridgehead atoms. The quantitative estimate of drug-likeness (QED) is 0.426. The summed E-state index contributed by atoms with van der Waals surface area (Å²) in [5.41, 5.74) is -0.456. The molecule has 0 aliphatic heterocycles. The highest BCUT2D eigenvalue weighted by atomic mass is 16.5. The lowest BCUT2D eigenvalue weighted by Gasteiger charge is -2.14. The van der Waals surface area contributed by atoms with Gasteiger partial charge in [-0.15, -0.1) is 4.73 Å². The summed E-state index contributed by atoms with van der Waals surface area (Å²) >= 11 is 0. The molecule has 0 amide bonds. The van der Waals surface area contributed by atoms with E-state index in [2.05, 4.69) is 15.3 Å². The molecule has 4 aromatic rings. The summed E-state index contributed by atoms with van der Waals surface area (Å²) in [4.78, 5) is 32.9. The highest BCUT2D eigenvalue weighted by Crippen LogP contribution is 2.28. The number of rotatable bonds is 3. The van der Waals surface area contributed by atoms with Gasteiger partial charge in [0.15, 0.2) is 5.56 Å². The second-order valence-electron chi connectivity index (χ2n) is 5.77. The molecule has 4 rings (SSSR count). The third-order valence-corrected chi connectivity index (χ3v) is 4.18. The predicted octanol–water partition coefficient (Wildman–Crippen LogP) is 2.71. The number of aromatic nitrogens is 3. The topological polar surface area (TPSA) is 106 Å². The summed E-state index contributed by atoms with van der Waals surface area (Å²) in [6, 6.07) is 13.4. The Bertz CT molecular complexity index is 1250. The molecule has 8 heteroatoms. The zero-order valence-electron chi connectivity index (χ0n) is 14.2. The average Bonchev–Trinajstić information content (AvgIpc) is 2.71. The Morgan fingerprint density at radius 1 is 1.11 bits per heavy atom. The van der Waals surface area contributed by atoms with Crippen LogP contribution in [0.3, 0.4) is 0 Å². The minimum Gasteiger partial charge on any atom is -0.465 e. The van der Waals surface area contributed by atoms with Gasteiger partial charge < -0.3 is 15.3 Å². The van der Waals surface area contributed by atoms with Crippen LogP contribution in [0.4, 0.5) is 11.4 Å². The Hall–Kier alpha value is -3.94. The van der Waals surface area contributed by atoms with Crippen LogP contribution in [0.25, 0.3) is 21.9 Å². The number of benzene rings is 2. The van der Waals surface area contributed by atoms with Gasteiger partial charge in [-0.2, -0.15) is 0 Å². The van der Waals surface area contributed by atoms with Crippen molar-refractivity contribution in [1.82, 2.24) is 14.7 Å². The summed E-state index contributed by atoms with van der Waals surface area (Å²) in [7, 11) is 1.16. The SMILES string of the molecule is COC(=O)c1c(Nc2ccc3ccccc3c2)c2nccnc2n(O)c1=O.